The van der Waals surface area contributed by atoms with Gasteiger partial charge in [-0.15, -0.1) is 0 Å². The van der Waals surface area contributed by atoms with Gasteiger partial charge in [0.05, 0.1) is 17.7 Å². The topological polar surface area (TPSA) is 29.5 Å². The zero-order valence-electron chi connectivity index (χ0n) is 12.4. The van der Waals surface area contributed by atoms with E-state index in [1.54, 1.807) is 25.3 Å². The van der Waals surface area contributed by atoms with Crippen LogP contribution in [0.3, 0.4) is 0 Å². The summed E-state index contributed by atoms with van der Waals surface area (Å²) in [6.07, 6.45) is 3.59. The van der Waals surface area contributed by atoms with E-state index in [1.165, 1.54) is 19.3 Å². The van der Waals surface area contributed by atoms with Crippen molar-refractivity contribution in [2.24, 2.45) is 0 Å². The molecule has 1 heterocycles. The largest absolute Gasteiger partial charge is 0.495 e. The second kappa shape index (κ2) is 6.15. The Morgan fingerprint density at radius 2 is 1.90 bits per heavy atom. The minimum atomic E-state index is -0.487. The number of methoxy groups -OCH3 is 1. The molecule has 0 aromatic heterocycles. The molecule has 0 radical (unpaired) electrons. The van der Waals surface area contributed by atoms with Gasteiger partial charge in [0.2, 0.25) is 0 Å². The number of piperidine rings is 1. The molecule has 0 atom stereocenters. The average molecular weight is 296 g/mol. The Balaban J connectivity index is 2.24. The van der Waals surface area contributed by atoms with Crippen LogP contribution in [0, 0.1) is 0 Å². The number of ether oxygens (including phenoxy) is 1. The molecule has 4 heteroatoms. The van der Waals surface area contributed by atoms with Gasteiger partial charge in [0.1, 0.15) is 5.75 Å². The average Bonchev–Trinajstić information content (AvgIpc) is 2.48. The van der Waals surface area contributed by atoms with Crippen LogP contribution in [0.2, 0.25) is 5.02 Å². The van der Waals surface area contributed by atoms with Gasteiger partial charge in [0, 0.05) is 5.56 Å². The maximum absolute atomic E-state index is 12.8. The van der Waals surface area contributed by atoms with E-state index in [9.17, 15) is 4.79 Å². The molecule has 1 aromatic carbocycles. The molecule has 0 bridgehead atoms. The molecule has 1 fully saturated rings. The molecule has 0 spiro atoms. The fraction of sp³-hybridized carbons (Fsp3) is 0.562. The first kappa shape index (κ1) is 15.3. The molecule has 1 aliphatic rings. The second-order valence-electron chi connectivity index (χ2n) is 5.79. The Labute approximate surface area is 125 Å². The van der Waals surface area contributed by atoms with Crippen LogP contribution in [0.25, 0.3) is 0 Å². The van der Waals surface area contributed by atoms with E-state index in [0.29, 0.717) is 16.3 Å². The third-order valence-electron chi connectivity index (χ3n) is 4.12. The van der Waals surface area contributed by atoms with Crippen molar-refractivity contribution in [3.63, 3.8) is 0 Å². The van der Waals surface area contributed by atoms with E-state index in [4.69, 9.17) is 16.3 Å². The van der Waals surface area contributed by atoms with Crippen molar-refractivity contribution >= 4 is 17.4 Å². The van der Waals surface area contributed by atoms with E-state index in [0.717, 1.165) is 13.1 Å². The van der Waals surface area contributed by atoms with Crippen LogP contribution in [0.5, 0.6) is 5.75 Å². The van der Waals surface area contributed by atoms with E-state index < -0.39 is 5.54 Å². The summed E-state index contributed by atoms with van der Waals surface area (Å²) >= 11 is 6.02. The standard InChI is InChI=1S/C16H22ClNO2/c1-16(2,18-9-5-4-6-10-18)15(19)12-7-8-13(17)14(11-12)20-3/h7-8,11H,4-6,9-10H2,1-3H3. The van der Waals surface area contributed by atoms with Gasteiger partial charge in [-0.25, -0.2) is 0 Å². The molecular formula is C16H22ClNO2. The number of nitrogens with zero attached hydrogens (tertiary/aromatic N) is 1. The monoisotopic (exact) mass is 295 g/mol. The lowest BCUT2D eigenvalue weighted by molar-refractivity contribution is 0.0579. The van der Waals surface area contributed by atoms with Crippen LogP contribution >= 0.6 is 11.6 Å². The summed E-state index contributed by atoms with van der Waals surface area (Å²) in [5, 5.41) is 0.528. The first-order valence-corrected chi connectivity index (χ1v) is 7.48. The molecule has 20 heavy (non-hydrogen) atoms. The maximum Gasteiger partial charge on any atom is 0.182 e. The number of ketones is 1. The van der Waals surface area contributed by atoms with E-state index >= 15 is 0 Å². The lowest BCUT2D eigenvalue weighted by Crippen LogP contribution is -2.52. The summed E-state index contributed by atoms with van der Waals surface area (Å²) in [5.41, 5.74) is 0.168. The van der Waals surface area contributed by atoms with Crippen molar-refractivity contribution in [3.05, 3.63) is 28.8 Å². The summed E-state index contributed by atoms with van der Waals surface area (Å²) in [7, 11) is 1.56. The van der Waals surface area contributed by atoms with Crippen molar-refractivity contribution in [1.82, 2.24) is 4.90 Å². The second-order valence-corrected chi connectivity index (χ2v) is 6.19. The van der Waals surface area contributed by atoms with Crippen LogP contribution in [0.15, 0.2) is 18.2 Å². The number of benzene rings is 1. The molecule has 0 unspecified atom stereocenters. The highest BCUT2D eigenvalue weighted by molar-refractivity contribution is 6.32. The summed E-state index contributed by atoms with van der Waals surface area (Å²) in [6.45, 7) is 5.98. The number of hydrogen-bond acceptors (Lipinski definition) is 3. The Hall–Kier alpha value is -1.06. The van der Waals surface area contributed by atoms with Crippen molar-refractivity contribution in [1.29, 1.82) is 0 Å². The van der Waals surface area contributed by atoms with Gasteiger partial charge in [0.25, 0.3) is 0 Å². The molecule has 1 aliphatic heterocycles. The van der Waals surface area contributed by atoms with Gasteiger partial charge in [-0.3, -0.25) is 9.69 Å². The normalized spacial score (nSPS) is 17.0. The van der Waals surface area contributed by atoms with Gasteiger partial charge >= 0.3 is 0 Å². The zero-order valence-corrected chi connectivity index (χ0v) is 13.2. The van der Waals surface area contributed by atoms with Crippen LogP contribution < -0.4 is 4.74 Å². The fourth-order valence-corrected chi connectivity index (χ4v) is 2.95. The third-order valence-corrected chi connectivity index (χ3v) is 4.43. The van der Waals surface area contributed by atoms with Crippen molar-refractivity contribution in [3.8, 4) is 5.75 Å². The van der Waals surface area contributed by atoms with Crippen LogP contribution in [-0.4, -0.2) is 36.4 Å². The first-order chi connectivity index (χ1) is 9.46. The summed E-state index contributed by atoms with van der Waals surface area (Å²) in [4.78, 5) is 15.1. The Morgan fingerprint density at radius 3 is 2.50 bits per heavy atom. The predicted molar refractivity (Wildman–Crippen MR) is 81.8 cm³/mol. The highest BCUT2D eigenvalue weighted by Gasteiger charge is 2.35. The number of likely N-dealkylation sites (tertiary alicyclic amines) is 1. The Bertz CT molecular complexity index is 493. The molecule has 0 amide bonds. The Kier molecular flexibility index (Phi) is 4.71. The number of carbonyl (C=O) groups excluding carboxylic acids is 1. The van der Waals surface area contributed by atoms with Gasteiger partial charge in [-0.1, -0.05) is 18.0 Å². The van der Waals surface area contributed by atoms with E-state index in [1.807, 2.05) is 13.8 Å². The molecule has 0 saturated carbocycles. The molecule has 110 valence electrons. The van der Waals surface area contributed by atoms with Gasteiger partial charge < -0.3 is 4.74 Å². The lowest BCUT2D eigenvalue weighted by atomic mass is 9.89. The molecule has 0 aliphatic carbocycles. The zero-order chi connectivity index (χ0) is 14.8. The molecular weight excluding hydrogens is 274 g/mol. The molecule has 3 nitrogen and oxygen atoms in total. The SMILES string of the molecule is COc1cc(C(=O)C(C)(C)N2CCCCC2)ccc1Cl. The van der Waals surface area contributed by atoms with Crippen LogP contribution in [-0.2, 0) is 0 Å². The van der Waals surface area contributed by atoms with Crippen molar-refractivity contribution in [2.45, 2.75) is 38.6 Å². The number of rotatable bonds is 4. The minimum Gasteiger partial charge on any atom is -0.495 e. The van der Waals surface area contributed by atoms with E-state index in [-0.39, 0.29) is 5.78 Å². The van der Waals surface area contributed by atoms with Crippen LogP contribution in [0.1, 0.15) is 43.5 Å². The quantitative estimate of drug-likeness (QED) is 0.791. The molecule has 1 saturated heterocycles. The lowest BCUT2D eigenvalue weighted by Gasteiger charge is -2.39. The number of halogens is 1. The molecule has 1 aromatic rings. The third kappa shape index (κ3) is 2.99. The fourth-order valence-electron chi connectivity index (χ4n) is 2.75. The van der Waals surface area contributed by atoms with E-state index in [2.05, 4.69) is 4.90 Å². The number of Topliss-reactive ketones (excluding diaryl/α,β-unsaturated/α-hetero) is 1. The van der Waals surface area contributed by atoms with Crippen LogP contribution in [0.4, 0.5) is 0 Å². The van der Waals surface area contributed by atoms with Gasteiger partial charge in [-0.2, -0.15) is 0 Å². The number of carbonyl (C=O) groups is 1. The minimum absolute atomic E-state index is 0.120. The van der Waals surface area contributed by atoms with Gasteiger partial charge in [-0.05, 0) is 58.0 Å². The summed E-state index contributed by atoms with van der Waals surface area (Å²) < 4.78 is 5.20. The number of hydrogen-bond donors (Lipinski definition) is 0. The summed E-state index contributed by atoms with van der Waals surface area (Å²) in [5.74, 6) is 0.668. The van der Waals surface area contributed by atoms with Crippen molar-refractivity contribution in [2.75, 3.05) is 20.2 Å². The Morgan fingerprint density at radius 1 is 1.25 bits per heavy atom. The smallest absolute Gasteiger partial charge is 0.182 e. The highest BCUT2D eigenvalue weighted by atomic mass is 35.5. The molecule has 0 N–H and O–H groups in total. The highest BCUT2D eigenvalue weighted by Crippen LogP contribution is 2.29. The van der Waals surface area contributed by atoms with Gasteiger partial charge in [0.15, 0.2) is 5.78 Å². The maximum atomic E-state index is 12.8. The molecule has 2 rings (SSSR count). The summed E-state index contributed by atoms with van der Waals surface area (Å²) in [6, 6.07) is 5.23. The van der Waals surface area contributed by atoms with Crippen molar-refractivity contribution < 1.29 is 9.53 Å². The predicted octanol–water partition coefficient (Wildman–Crippen LogP) is 3.80. The first-order valence-electron chi connectivity index (χ1n) is 7.10.